The van der Waals surface area contributed by atoms with Gasteiger partial charge in [-0.1, -0.05) is 35.9 Å². The highest BCUT2D eigenvalue weighted by atomic mass is 35.5. The number of aromatic nitrogens is 2. The Morgan fingerprint density at radius 1 is 1.08 bits per heavy atom. The second kappa shape index (κ2) is 6.73. The van der Waals surface area contributed by atoms with Crippen LogP contribution in [-0.2, 0) is 0 Å². The van der Waals surface area contributed by atoms with E-state index < -0.39 is 0 Å². The number of nitrogens with one attached hydrogen (secondary N) is 2. The molecule has 4 rings (SSSR count). The quantitative estimate of drug-likeness (QED) is 0.709. The number of hydrogen-bond donors (Lipinski definition) is 2. The van der Waals surface area contributed by atoms with Gasteiger partial charge in [0.2, 0.25) is 0 Å². The number of hydrogen-bond acceptors (Lipinski definition) is 2. The fourth-order valence-corrected chi connectivity index (χ4v) is 2.83. The molecule has 1 saturated carbocycles. The first-order valence-electron chi connectivity index (χ1n) is 8.39. The zero-order valence-corrected chi connectivity index (χ0v) is 14.4. The predicted molar refractivity (Wildman–Crippen MR) is 99.5 cm³/mol. The van der Waals surface area contributed by atoms with Crippen LogP contribution in [0, 0.1) is 5.92 Å². The molecule has 3 aromatic rings. The molecule has 0 unspecified atom stereocenters. The number of halogens is 1. The van der Waals surface area contributed by atoms with E-state index in [-0.39, 0.29) is 5.91 Å². The molecular formula is C20H18ClN3O. The van der Waals surface area contributed by atoms with Gasteiger partial charge in [-0.05, 0) is 54.7 Å². The third-order valence-corrected chi connectivity index (χ3v) is 4.68. The number of benzene rings is 2. The summed E-state index contributed by atoms with van der Waals surface area (Å²) < 4.78 is 0. The summed E-state index contributed by atoms with van der Waals surface area (Å²) in [6.07, 6.45) is 2.46. The van der Waals surface area contributed by atoms with Gasteiger partial charge >= 0.3 is 0 Å². The summed E-state index contributed by atoms with van der Waals surface area (Å²) in [5.74, 6) is 0.667. The van der Waals surface area contributed by atoms with Gasteiger partial charge in [0.05, 0.1) is 11.4 Å². The Labute approximate surface area is 151 Å². The van der Waals surface area contributed by atoms with Crippen molar-refractivity contribution < 1.29 is 4.79 Å². The topological polar surface area (TPSA) is 57.8 Å². The number of H-pyrrole nitrogens is 1. The monoisotopic (exact) mass is 351 g/mol. The van der Waals surface area contributed by atoms with Crippen molar-refractivity contribution in [2.24, 2.45) is 5.92 Å². The van der Waals surface area contributed by atoms with Crippen LogP contribution in [0.15, 0.2) is 54.6 Å². The summed E-state index contributed by atoms with van der Waals surface area (Å²) in [6.45, 7) is 0.782. The van der Waals surface area contributed by atoms with E-state index in [2.05, 4.69) is 15.5 Å². The molecule has 0 bridgehead atoms. The van der Waals surface area contributed by atoms with Crippen molar-refractivity contribution in [3.63, 3.8) is 0 Å². The lowest BCUT2D eigenvalue weighted by Crippen LogP contribution is -2.25. The molecule has 0 spiro atoms. The van der Waals surface area contributed by atoms with Crippen molar-refractivity contribution in [3.8, 4) is 22.5 Å². The molecule has 5 heteroatoms. The van der Waals surface area contributed by atoms with Gasteiger partial charge < -0.3 is 5.32 Å². The molecule has 1 heterocycles. The maximum absolute atomic E-state index is 12.1. The van der Waals surface area contributed by atoms with Crippen molar-refractivity contribution >= 4 is 17.5 Å². The minimum Gasteiger partial charge on any atom is -0.352 e. The molecule has 126 valence electrons. The van der Waals surface area contributed by atoms with Crippen molar-refractivity contribution in [1.82, 2.24) is 15.5 Å². The van der Waals surface area contributed by atoms with Gasteiger partial charge in [0.15, 0.2) is 0 Å². The van der Waals surface area contributed by atoms with Gasteiger partial charge in [-0.3, -0.25) is 9.89 Å². The summed E-state index contributed by atoms with van der Waals surface area (Å²) >= 11 is 5.93. The Balaban J connectivity index is 1.48. The lowest BCUT2D eigenvalue weighted by molar-refractivity contribution is 0.0952. The predicted octanol–water partition coefficient (Wildman–Crippen LogP) is 4.54. The van der Waals surface area contributed by atoms with E-state index in [1.54, 1.807) is 0 Å². The zero-order chi connectivity index (χ0) is 17.2. The summed E-state index contributed by atoms with van der Waals surface area (Å²) in [5, 5.41) is 11.1. The highest BCUT2D eigenvalue weighted by Crippen LogP contribution is 2.28. The smallest absolute Gasteiger partial charge is 0.251 e. The van der Waals surface area contributed by atoms with Gasteiger partial charge in [0.1, 0.15) is 0 Å². The molecule has 2 N–H and O–H groups in total. The van der Waals surface area contributed by atoms with Crippen LogP contribution in [0.3, 0.4) is 0 Å². The Morgan fingerprint density at radius 3 is 2.44 bits per heavy atom. The fraction of sp³-hybridized carbons (Fsp3) is 0.200. The molecule has 2 aromatic carbocycles. The van der Waals surface area contributed by atoms with E-state index in [0.29, 0.717) is 16.5 Å². The van der Waals surface area contributed by atoms with Gasteiger partial charge in [0.25, 0.3) is 5.91 Å². The SMILES string of the molecule is O=C(NCC1CC1)c1ccc(-c2cc(-c3ccc(Cl)cc3)[nH]n2)cc1. The van der Waals surface area contributed by atoms with Crippen LogP contribution in [0.4, 0.5) is 0 Å². The van der Waals surface area contributed by atoms with Crippen molar-refractivity contribution in [1.29, 1.82) is 0 Å². The Morgan fingerprint density at radius 2 is 1.76 bits per heavy atom. The molecule has 1 aromatic heterocycles. The number of rotatable bonds is 5. The molecular weight excluding hydrogens is 334 g/mol. The molecule has 25 heavy (non-hydrogen) atoms. The van der Waals surface area contributed by atoms with Crippen molar-refractivity contribution in [3.05, 3.63) is 65.2 Å². The minimum atomic E-state index is -0.0117. The van der Waals surface area contributed by atoms with E-state index in [4.69, 9.17) is 11.6 Å². The van der Waals surface area contributed by atoms with Crippen LogP contribution < -0.4 is 5.32 Å². The van der Waals surface area contributed by atoms with Crippen LogP contribution in [-0.4, -0.2) is 22.6 Å². The van der Waals surface area contributed by atoms with Crippen LogP contribution in [0.25, 0.3) is 22.5 Å². The number of amides is 1. The maximum atomic E-state index is 12.1. The highest BCUT2D eigenvalue weighted by Gasteiger charge is 2.21. The number of carbonyl (C=O) groups is 1. The standard InChI is InChI=1S/C20H18ClN3O/c21-17-9-7-15(8-10-17)19-11-18(23-24-19)14-3-5-16(6-4-14)20(25)22-12-13-1-2-13/h3-11,13H,1-2,12H2,(H,22,25)(H,23,24). The van der Waals surface area contributed by atoms with Gasteiger partial charge in [0, 0.05) is 22.7 Å². The zero-order valence-electron chi connectivity index (χ0n) is 13.6. The first-order valence-corrected chi connectivity index (χ1v) is 8.77. The molecule has 1 aliphatic rings. The molecule has 0 saturated heterocycles. The fourth-order valence-electron chi connectivity index (χ4n) is 2.70. The summed E-state index contributed by atoms with van der Waals surface area (Å²) in [7, 11) is 0. The second-order valence-electron chi connectivity index (χ2n) is 6.40. The Kier molecular flexibility index (Phi) is 4.28. The number of nitrogens with zero attached hydrogens (tertiary/aromatic N) is 1. The van der Waals surface area contributed by atoms with Crippen LogP contribution in [0.2, 0.25) is 5.02 Å². The Hall–Kier alpha value is -2.59. The molecule has 1 amide bonds. The molecule has 0 atom stereocenters. The van der Waals surface area contributed by atoms with E-state index in [1.165, 1.54) is 12.8 Å². The molecule has 4 nitrogen and oxygen atoms in total. The van der Waals surface area contributed by atoms with Gasteiger partial charge in [-0.2, -0.15) is 5.10 Å². The van der Waals surface area contributed by atoms with E-state index >= 15 is 0 Å². The van der Waals surface area contributed by atoms with Crippen LogP contribution in [0.1, 0.15) is 23.2 Å². The first-order chi connectivity index (χ1) is 12.2. The highest BCUT2D eigenvalue weighted by molar-refractivity contribution is 6.30. The summed E-state index contributed by atoms with van der Waals surface area (Å²) in [4.78, 5) is 12.1. The summed E-state index contributed by atoms with van der Waals surface area (Å²) in [5.41, 5.74) is 4.44. The molecule has 1 fully saturated rings. The number of aromatic amines is 1. The third-order valence-electron chi connectivity index (χ3n) is 4.42. The van der Waals surface area contributed by atoms with E-state index in [9.17, 15) is 4.79 Å². The van der Waals surface area contributed by atoms with Gasteiger partial charge in [-0.15, -0.1) is 0 Å². The van der Waals surface area contributed by atoms with Crippen LogP contribution in [0.5, 0.6) is 0 Å². The molecule has 1 aliphatic carbocycles. The minimum absolute atomic E-state index is 0.0117. The van der Waals surface area contributed by atoms with E-state index in [1.807, 2.05) is 54.6 Å². The Bertz CT molecular complexity index is 880. The number of carbonyl (C=O) groups excluding carboxylic acids is 1. The lowest BCUT2D eigenvalue weighted by atomic mass is 10.1. The van der Waals surface area contributed by atoms with Gasteiger partial charge in [-0.25, -0.2) is 0 Å². The lowest BCUT2D eigenvalue weighted by Gasteiger charge is -2.04. The van der Waals surface area contributed by atoms with E-state index in [0.717, 1.165) is 29.1 Å². The first kappa shape index (κ1) is 15.9. The second-order valence-corrected chi connectivity index (χ2v) is 6.84. The largest absolute Gasteiger partial charge is 0.352 e. The molecule has 0 radical (unpaired) electrons. The maximum Gasteiger partial charge on any atom is 0.251 e. The van der Waals surface area contributed by atoms with Crippen LogP contribution >= 0.6 is 11.6 Å². The molecule has 0 aliphatic heterocycles. The normalized spacial score (nSPS) is 13.6. The van der Waals surface area contributed by atoms with Crippen molar-refractivity contribution in [2.45, 2.75) is 12.8 Å². The average Bonchev–Trinajstić information content (AvgIpc) is 3.35. The average molecular weight is 352 g/mol. The third kappa shape index (κ3) is 3.74. The van der Waals surface area contributed by atoms with Crippen molar-refractivity contribution in [2.75, 3.05) is 6.54 Å². The summed E-state index contributed by atoms with van der Waals surface area (Å²) in [6, 6.07) is 17.1.